The Morgan fingerprint density at radius 2 is 1.33 bits per heavy atom. The number of unbranched alkanes of at least 4 members (excludes halogenated alkanes) is 1. The fourth-order valence-electron chi connectivity index (χ4n) is 11.2. The van der Waals surface area contributed by atoms with Gasteiger partial charge in [0.15, 0.2) is 23.3 Å². The highest BCUT2D eigenvalue weighted by Crippen LogP contribution is 2.65. The van der Waals surface area contributed by atoms with E-state index in [4.69, 9.17) is 43.2 Å². The lowest BCUT2D eigenvalue weighted by molar-refractivity contribution is -0.598. The molecular formula is C36H48F6O10. The molecule has 0 aromatic rings. The first-order valence-electron chi connectivity index (χ1n) is 18.8. The second kappa shape index (κ2) is 12.2. The molecule has 16 heteroatoms. The van der Waals surface area contributed by atoms with Crippen molar-refractivity contribution in [2.24, 2.45) is 41.4 Å². The lowest BCUT2D eigenvalue weighted by Gasteiger charge is -2.62. The molecule has 0 N–H and O–H groups in total. The van der Waals surface area contributed by atoms with Gasteiger partial charge in [-0.3, -0.25) is 4.79 Å². The maximum absolute atomic E-state index is 15.2. The Bertz CT molecular complexity index is 1470. The summed E-state index contributed by atoms with van der Waals surface area (Å²) in [4.78, 5) is 37.2. The van der Waals surface area contributed by atoms with Crippen molar-refractivity contribution in [1.29, 1.82) is 0 Å². The van der Waals surface area contributed by atoms with E-state index >= 15 is 13.2 Å². The van der Waals surface area contributed by atoms with Gasteiger partial charge in [-0.25, -0.2) is 19.6 Å². The van der Waals surface area contributed by atoms with Gasteiger partial charge in [0.2, 0.25) is 23.6 Å². The molecule has 0 aromatic heterocycles. The Morgan fingerprint density at radius 1 is 0.731 bits per heavy atom. The number of Topliss-reactive ketones (excluding diaryl/α,β-unsaturated/α-hetero) is 1. The number of halogens is 6. The number of hydrogen-bond donors (Lipinski definition) is 0. The third-order valence-corrected chi connectivity index (χ3v) is 13.9. The summed E-state index contributed by atoms with van der Waals surface area (Å²) in [6.45, 7) is 8.22. The molecule has 14 atom stereocenters. The Labute approximate surface area is 298 Å². The van der Waals surface area contributed by atoms with Crippen molar-refractivity contribution >= 4 is 5.78 Å². The van der Waals surface area contributed by atoms with E-state index in [0.29, 0.717) is 44.9 Å². The van der Waals surface area contributed by atoms with Gasteiger partial charge < -0.3 is 23.7 Å². The maximum atomic E-state index is 15.2. The van der Waals surface area contributed by atoms with Gasteiger partial charge in [-0.1, -0.05) is 20.8 Å². The molecular weight excluding hydrogens is 706 g/mol. The second-order valence-corrected chi connectivity index (χ2v) is 16.9. The quantitative estimate of drug-likeness (QED) is 0.145. The van der Waals surface area contributed by atoms with E-state index in [1.54, 1.807) is 13.8 Å². The van der Waals surface area contributed by atoms with Crippen molar-refractivity contribution in [3.05, 3.63) is 11.3 Å². The van der Waals surface area contributed by atoms with Crippen LogP contribution in [0.15, 0.2) is 11.3 Å². The van der Waals surface area contributed by atoms with E-state index in [9.17, 15) is 18.0 Å². The maximum Gasteiger partial charge on any atom is 0.449 e. The molecule has 8 heterocycles. The largest absolute Gasteiger partial charge is 0.456 e. The average Bonchev–Trinajstić information content (AvgIpc) is 3.44. The minimum Gasteiger partial charge on any atom is -0.456 e. The van der Waals surface area contributed by atoms with Crippen molar-refractivity contribution in [2.45, 2.75) is 159 Å². The van der Waals surface area contributed by atoms with Crippen molar-refractivity contribution < 1.29 is 74.4 Å². The summed E-state index contributed by atoms with van der Waals surface area (Å²) in [6.07, 6.45) is -9.46. The number of rotatable bonds is 7. The molecule has 0 radical (unpaired) electrons. The number of hydrogen-bond acceptors (Lipinski definition) is 10. The van der Waals surface area contributed by atoms with E-state index in [0.717, 1.165) is 0 Å². The summed E-state index contributed by atoms with van der Waals surface area (Å²) in [5.41, 5.74) is -3.23. The molecule has 7 saturated heterocycles. The Kier molecular flexibility index (Phi) is 8.80. The molecule has 0 amide bonds. The number of carbonyl (C=O) groups excluding carboxylic acids is 1. The molecule has 2 aliphatic carbocycles. The predicted octanol–water partition coefficient (Wildman–Crippen LogP) is 7.95. The van der Waals surface area contributed by atoms with Crippen LogP contribution in [0.5, 0.6) is 0 Å². The topological polar surface area (TPSA) is 100 Å². The number of ketones is 1. The van der Waals surface area contributed by atoms with Crippen LogP contribution < -0.4 is 0 Å². The first-order valence-corrected chi connectivity index (χ1v) is 18.8. The SMILES string of the molecule is C[C@@H]1CC[C@H]2C(C(=O)CCCCO[C@@]3(C(F)(F)F)O[C@@H]4O[C@@]5(C)CCC6[C@H](C)CC[C@@H]([C@H]3C)[C@]64OO5)=C(C(F)(F)F)O[C@@H]3O[C@@]4(C)CCC1[C@]32OO4. The Morgan fingerprint density at radius 3 is 1.96 bits per heavy atom. The van der Waals surface area contributed by atoms with Crippen LogP contribution in [0.2, 0.25) is 0 Å². The van der Waals surface area contributed by atoms with Gasteiger partial charge in [0.25, 0.3) is 5.79 Å². The molecule has 10 nitrogen and oxygen atoms in total. The molecule has 52 heavy (non-hydrogen) atoms. The van der Waals surface area contributed by atoms with E-state index in [1.165, 1.54) is 6.92 Å². The number of alkyl halides is 6. The molecule has 8 aliphatic heterocycles. The molecule has 10 aliphatic rings. The first kappa shape index (κ1) is 37.4. The number of ether oxygens (including phenoxy) is 5. The molecule has 10 rings (SSSR count). The number of fused-ring (bicyclic) bond motifs is 4. The predicted molar refractivity (Wildman–Crippen MR) is 164 cm³/mol. The fourth-order valence-corrected chi connectivity index (χ4v) is 11.2. The first-order chi connectivity index (χ1) is 24.3. The summed E-state index contributed by atoms with van der Waals surface area (Å²) in [5.74, 6) is -11.0. The molecule has 294 valence electrons. The van der Waals surface area contributed by atoms with Crippen LogP contribution >= 0.6 is 0 Å². The van der Waals surface area contributed by atoms with Crippen LogP contribution in [0, 0.1) is 41.4 Å². The van der Waals surface area contributed by atoms with Crippen molar-refractivity contribution in [2.75, 3.05) is 6.61 Å². The van der Waals surface area contributed by atoms with Crippen molar-refractivity contribution in [1.82, 2.24) is 0 Å². The van der Waals surface area contributed by atoms with Crippen LogP contribution in [0.1, 0.15) is 105 Å². The van der Waals surface area contributed by atoms with Gasteiger partial charge in [-0.15, -0.1) is 0 Å². The van der Waals surface area contributed by atoms with Crippen LogP contribution in [0.4, 0.5) is 26.3 Å². The second-order valence-electron chi connectivity index (χ2n) is 16.9. The lowest BCUT2D eigenvalue weighted by atomic mass is 9.57. The minimum absolute atomic E-state index is 0.0413. The third-order valence-electron chi connectivity index (χ3n) is 13.9. The van der Waals surface area contributed by atoms with Gasteiger partial charge in [0.1, 0.15) is 0 Å². The zero-order valence-electron chi connectivity index (χ0n) is 30.0. The van der Waals surface area contributed by atoms with Gasteiger partial charge >= 0.3 is 12.4 Å². The van der Waals surface area contributed by atoms with Crippen LogP contribution in [0.25, 0.3) is 0 Å². The van der Waals surface area contributed by atoms with E-state index in [2.05, 4.69) is 6.92 Å². The third kappa shape index (κ3) is 5.31. The van der Waals surface area contributed by atoms with Crippen LogP contribution in [-0.2, 0) is 48.0 Å². The summed E-state index contributed by atoms with van der Waals surface area (Å²) in [7, 11) is 0. The van der Waals surface area contributed by atoms with Crippen molar-refractivity contribution in [3.63, 3.8) is 0 Å². The highest BCUT2D eigenvalue weighted by molar-refractivity contribution is 5.97. The highest BCUT2D eigenvalue weighted by atomic mass is 19.4. The number of allylic oxidation sites excluding steroid dienone is 1. The fraction of sp³-hybridized carbons (Fsp3) is 0.917. The van der Waals surface area contributed by atoms with Crippen molar-refractivity contribution in [3.8, 4) is 0 Å². The van der Waals surface area contributed by atoms with Gasteiger partial charge in [0.05, 0.1) is 6.61 Å². The summed E-state index contributed by atoms with van der Waals surface area (Å²) in [5, 5.41) is 0. The minimum atomic E-state index is -5.00. The summed E-state index contributed by atoms with van der Waals surface area (Å²) >= 11 is 0. The molecule has 4 bridgehead atoms. The molecule has 2 saturated carbocycles. The smallest absolute Gasteiger partial charge is 0.449 e. The summed E-state index contributed by atoms with van der Waals surface area (Å²) < 4.78 is 119. The van der Waals surface area contributed by atoms with E-state index in [1.807, 2.05) is 6.92 Å². The van der Waals surface area contributed by atoms with Gasteiger partial charge in [0, 0.05) is 48.5 Å². The monoisotopic (exact) mass is 754 g/mol. The highest BCUT2D eigenvalue weighted by Gasteiger charge is 2.77. The lowest BCUT2D eigenvalue weighted by Crippen LogP contribution is -2.76. The Balaban J connectivity index is 1.00. The van der Waals surface area contributed by atoms with Crippen LogP contribution in [0.3, 0.4) is 0 Å². The summed E-state index contributed by atoms with van der Waals surface area (Å²) in [6, 6.07) is 0. The zero-order chi connectivity index (χ0) is 37.3. The Hall–Kier alpha value is -1.53. The normalized spacial score (nSPS) is 49.8. The molecule has 2 unspecified atom stereocenters. The zero-order valence-corrected chi connectivity index (χ0v) is 30.0. The van der Waals surface area contributed by atoms with Gasteiger partial charge in [-0.2, -0.15) is 26.3 Å². The van der Waals surface area contributed by atoms with Crippen LogP contribution in [-0.4, -0.2) is 65.9 Å². The van der Waals surface area contributed by atoms with Gasteiger partial charge in [-0.05, 0) is 83.0 Å². The molecule has 2 spiro atoms. The standard InChI is InChI=1S/C36H48F6O10/c1-18-9-11-23-20(3)34(36(40,41)42,48-29-32(23)21(18)13-16-31(5,47-29)50-51-32)44-17-7-6-8-25(43)26-24-12-10-19(2)22-14-15-30(4)46-28(33(22,24)52-49-30)45-27(26)35(37,38)39/h18-24,28-29H,6-17H2,1-5H3/t18-,19-,20-,21?,22?,23+,24+,28-,29+,30-,31-,32-,33-,34-/m1/s1. The molecule has 0 aromatic carbocycles. The average molecular weight is 755 g/mol. The van der Waals surface area contributed by atoms with E-state index in [-0.39, 0.29) is 49.4 Å². The number of carbonyl (C=O) groups is 1. The molecule has 9 fully saturated rings. The van der Waals surface area contributed by atoms with E-state index < -0.39 is 95.0 Å².